The highest BCUT2D eigenvalue weighted by Gasteiger charge is 2.65. The Balaban J connectivity index is 1.48. The van der Waals surface area contributed by atoms with Gasteiger partial charge in [0.2, 0.25) is 0 Å². The molecule has 4 heteroatoms. The molecule has 0 aromatic rings. The van der Waals surface area contributed by atoms with E-state index >= 15 is 0 Å². The largest absolute Gasteiger partial charge is 0.462 e. The van der Waals surface area contributed by atoms with Crippen LogP contribution in [0.1, 0.15) is 79.6 Å². The highest BCUT2D eigenvalue weighted by atomic mass is 16.7. The van der Waals surface area contributed by atoms with Crippen molar-refractivity contribution in [2.45, 2.75) is 91.5 Å². The zero-order valence-electron chi connectivity index (χ0n) is 18.9. The number of allylic oxidation sites excluding steroid dienone is 1. The van der Waals surface area contributed by atoms with Crippen LogP contribution in [0.3, 0.4) is 0 Å². The van der Waals surface area contributed by atoms with E-state index < -0.39 is 5.79 Å². The van der Waals surface area contributed by atoms with Gasteiger partial charge in [-0.2, -0.15) is 0 Å². The van der Waals surface area contributed by atoms with E-state index in [0.29, 0.717) is 11.8 Å². The molecule has 0 radical (unpaired) electrons. The van der Waals surface area contributed by atoms with E-state index in [2.05, 4.69) is 33.8 Å². The van der Waals surface area contributed by atoms with Gasteiger partial charge in [-0.15, -0.1) is 0 Å². The lowest BCUT2D eigenvalue weighted by molar-refractivity contribution is -0.246. The molecule has 1 saturated heterocycles. The van der Waals surface area contributed by atoms with Crippen LogP contribution in [0.5, 0.6) is 0 Å². The zero-order chi connectivity index (χ0) is 20.7. The van der Waals surface area contributed by atoms with Crippen LogP contribution in [-0.4, -0.2) is 31.1 Å². The highest BCUT2D eigenvalue weighted by Crippen LogP contribution is 2.69. The summed E-state index contributed by atoms with van der Waals surface area (Å²) in [4.78, 5) is 11.7. The first kappa shape index (κ1) is 20.1. The summed E-state index contributed by atoms with van der Waals surface area (Å²) in [6.07, 6.45) is 10.6. The van der Waals surface area contributed by atoms with Crippen LogP contribution in [0.15, 0.2) is 11.6 Å². The fraction of sp³-hybridized carbons (Fsp3) is 0.880. The molecular weight excluding hydrogens is 364 g/mol. The van der Waals surface area contributed by atoms with Crippen LogP contribution in [0.25, 0.3) is 0 Å². The molecule has 29 heavy (non-hydrogen) atoms. The Labute approximate surface area is 175 Å². The lowest BCUT2D eigenvalue weighted by Crippen LogP contribution is -2.59. The van der Waals surface area contributed by atoms with Crippen molar-refractivity contribution in [1.29, 1.82) is 0 Å². The molecule has 0 amide bonds. The summed E-state index contributed by atoms with van der Waals surface area (Å²) in [7, 11) is 0. The molecule has 1 aliphatic heterocycles. The van der Waals surface area contributed by atoms with Crippen molar-refractivity contribution >= 4 is 5.97 Å². The third kappa shape index (κ3) is 2.54. The topological polar surface area (TPSA) is 44.8 Å². The minimum Gasteiger partial charge on any atom is -0.462 e. The van der Waals surface area contributed by atoms with Gasteiger partial charge in [0.05, 0.1) is 13.2 Å². The van der Waals surface area contributed by atoms with Gasteiger partial charge in [-0.25, -0.2) is 0 Å². The third-order valence-electron chi connectivity index (χ3n) is 10.0. The lowest BCUT2D eigenvalue weighted by Gasteiger charge is -2.62. The normalized spacial score (nSPS) is 47.1. The Bertz CT molecular complexity index is 733. The molecule has 4 aliphatic carbocycles. The van der Waals surface area contributed by atoms with Crippen LogP contribution in [0.4, 0.5) is 0 Å². The van der Waals surface area contributed by atoms with Crippen molar-refractivity contribution in [1.82, 2.24) is 0 Å². The molecule has 4 fully saturated rings. The van der Waals surface area contributed by atoms with Gasteiger partial charge in [0, 0.05) is 24.2 Å². The number of rotatable bonds is 1. The molecule has 1 spiro atoms. The van der Waals surface area contributed by atoms with Gasteiger partial charge in [-0.05, 0) is 61.7 Å². The van der Waals surface area contributed by atoms with E-state index in [1.165, 1.54) is 19.3 Å². The predicted molar refractivity (Wildman–Crippen MR) is 111 cm³/mol. The van der Waals surface area contributed by atoms with Gasteiger partial charge >= 0.3 is 5.97 Å². The summed E-state index contributed by atoms with van der Waals surface area (Å²) in [6, 6.07) is 0. The van der Waals surface area contributed by atoms with E-state index in [4.69, 9.17) is 14.2 Å². The Morgan fingerprint density at radius 2 is 1.72 bits per heavy atom. The highest BCUT2D eigenvalue weighted by molar-refractivity contribution is 5.66. The van der Waals surface area contributed by atoms with E-state index in [1.54, 1.807) is 12.5 Å². The fourth-order valence-corrected chi connectivity index (χ4v) is 8.63. The molecule has 0 aromatic carbocycles. The summed E-state index contributed by atoms with van der Waals surface area (Å²) >= 11 is 0. The molecule has 5 aliphatic rings. The number of ether oxygens (including phenoxy) is 3. The van der Waals surface area contributed by atoms with Crippen LogP contribution in [0.2, 0.25) is 0 Å². The second-order valence-electron chi connectivity index (χ2n) is 11.4. The van der Waals surface area contributed by atoms with Gasteiger partial charge in [0.15, 0.2) is 5.79 Å². The van der Waals surface area contributed by atoms with Crippen LogP contribution >= 0.6 is 0 Å². The van der Waals surface area contributed by atoms with Crippen LogP contribution in [0, 0.1) is 34.0 Å². The summed E-state index contributed by atoms with van der Waals surface area (Å²) in [5.74, 6) is 1.54. The van der Waals surface area contributed by atoms with E-state index in [1.807, 2.05) is 0 Å². The van der Waals surface area contributed by atoms with Crippen molar-refractivity contribution < 1.29 is 19.0 Å². The Kier molecular flexibility index (Phi) is 4.37. The smallest absolute Gasteiger partial charge is 0.302 e. The Morgan fingerprint density at radius 3 is 2.41 bits per heavy atom. The maximum absolute atomic E-state index is 11.7. The molecular formula is C25H38O4. The fourth-order valence-electron chi connectivity index (χ4n) is 8.63. The molecule has 3 saturated carbocycles. The van der Waals surface area contributed by atoms with E-state index in [9.17, 15) is 4.79 Å². The summed E-state index contributed by atoms with van der Waals surface area (Å²) in [5, 5.41) is 0. The number of hydrogen-bond donors (Lipinski definition) is 0. The Hall–Kier alpha value is -0.870. The summed E-state index contributed by atoms with van der Waals surface area (Å²) in [6.45, 7) is 12.6. The van der Waals surface area contributed by atoms with Gasteiger partial charge in [-0.3, -0.25) is 4.79 Å². The minimum absolute atomic E-state index is 0.0851. The number of carbonyl (C=O) groups is 1. The van der Waals surface area contributed by atoms with E-state index in [-0.39, 0.29) is 28.3 Å². The zero-order valence-corrected chi connectivity index (χ0v) is 18.9. The van der Waals surface area contributed by atoms with Crippen molar-refractivity contribution in [3.8, 4) is 0 Å². The summed E-state index contributed by atoms with van der Waals surface area (Å²) < 4.78 is 18.3. The molecule has 1 heterocycles. The third-order valence-corrected chi connectivity index (χ3v) is 10.0. The van der Waals surface area contributed by atoms with Crippen molar-refractivity contribution in [2.24, 2.45) is 34.0 Å². The number of hydrogen-bond acceptors (Lipinski definition) is 4. The average molecular weight is 403 g/mol. The van der Waals surface area contributed by atoms with Gasteiger partial charge in [-0.1, -0.05) is 39.3 Å². The molecule has 0 bridgehead atoms. The molecule has 4 nitrogen and oxygen atoms in total. The van der Waals surface area contributed by atoms with Crippen molar-refractivity contribution in [2.75, 3.05) is 13.2 Å². The second kappa shape index (κ2) is 6.32. The molecule has 0 unspecified atom stereocenters. The minimum atomic E-state index is -0.428. The molecule has 5 rings (SSSR count). The van der Waals surface area contributed by atoms with Crippen molar-refractivity contribution in [3.63, 3.8) is 0 Å². The van der Waals surface area contributed by atoms with Crippen LogP contribution < -0.4 is 0 Å². The van der Waals surface area contributed by atoms with Gasteiger partial charge in [0.25, 0.3) is 0 Å². The monoisotopic (exact) mass is 402 g/mol. The first-order valence-corrected chi connectivity index (χ1v) is 11.8. The average Bonchev–Trinajstić information content (AvgIpc) is 3.25. The molecule has 0 aromatic heterocycles. The quantitative estimate of drug-likeness (QED) is 0.443. The number of esters is 1. The maximum Gasteiger partial charge on any atom is 0.302 e. The van der Waals surface area contributed by atoms with Gasteiger partial charge < -0.3 is 14.2 Å². The first-order chi connectivity index (χ1) is 13.6. The summed E-state index contributed by atoms with van der Waals surface area (Å²) in [5.41, 5.74) is 1.88. The standard InChI is InChI=1S/C25H38O4/c1-16(26)29-21-9-7-18-17-6-8-20-22(2,3)25(27-14-15-28-25)13-12-23(20,4)19(17)10-11-24(18,21)5/h8,17-19,21H,6-7,9-15H2,1-5H3/t17-,18-,19-,21+,23-,24+/m1/s1. The maximum atomic E-state index is 11.7. The molecule has 0 N–H and O–H groups in total. The number of fused-ring (bicyclic) bond motifs is 5. The van der Waals surface area contributed by atoms with Crippen molar-refractivity contribution in [3.05, 3.63) is 11.6 Å². The Morgan fingerprint density at radius 1 is 1.00 bits per heavy atom. The second-order valence-corrected chi connectivity index (χ2v) is 11.4. The molecule has 6 atom stereocenters. The SMILES string of the molecule is CC(=O)O[C@H]1CC[C@@H]2[C@H]3CC=C4C(C)(C)C5(CC[C@]4(C)[C@@H]3CC[C@]12C)OCCO5. The van der Waals surface area contributed by atoms with Gasteiger partial charge in [0.1, 0.15) is 6.10 Å². The number of carbonyl (C=O) groups excluding carboxylic acids is 1. The van der Waals surface area contributed by atoms with Crippen LogP contribution in [-0.2, 0) is 19.0 Å². The van der Waals surface area contributed by atoms with E-state index in [0.717, 1.165) is 44.8 Å². The first-order valence-electron chi connectivity index (χ1n) is 11.8. The predicted octanol–water partition coefficient (Wildman–Crippen LogP) is 5.26. The lowest BCUT2D eigenvalue weighted by atomic mass is 9.44. The molecule has 162 valence electrons.